The van der Waals surface area contributed by atoms with Crippen molar-refractivity contribution in [2.75, 3.05) is 0 Å². The van der Waals surface area contributed by atoms with E-state index in [-0.39, 0.29) is 5.91 Å². The van der Waals surface area contributed by atoms with Crippen LogP contribution in [0.4, 0.5) is 0 Å². The Morgan fingerprint density at radius 3 is 2.52 bits per heavy atom. The van der Waals surface area contributed by atoms with E-state index in [1.165, 1.54) is 16.3 Å². The van der Waals surface area contributed by atoms with Crippen molar-refractivity contribution in [1.29, 1.82) is 0 Å². The van der Waals surface area contributed by atoms with Crippen LogP contribution in [0.1, 0.15) is 22.3 Å². The smallest absolute Gasteiger partial charge is 0.224 e. The molecule has 1 N–H and O–H groups in total. The number of hydrogen-bond acceptors (Lipinski definition) is 1. The SMILES string of the molecule is Cc1ccc(C)c(CC(=O)NCc2ccc3ccccc3c2)c1. The zero-order valence-corrected chi connectivity index (χ0v) is 13.6. The Morgan fingerprint density at radius 1 is 0.913 bits per heavy atom. The van der Waals surface area contributed by atoms with Gasteiger partial charge in [0.15, 0.2) is 0 Å². The molecule has 0 spiro atoms. The number of nitrogens with one attached hydrogen (secondary N) is 1. The average molecular weight is 303 g/mol. The Labute approximate surface area is 137 Å². The molecule has 3 rings (SSSR count). The fourth-order valence-electron chi connectivity index (χ4n) is 2.78. The van der Waals surface area contributed by atoms with Gasteiger partial charge in [-0.3, -0.25) is 4.79 Å². The van der Waals surface area contributed by atoms with E-state index in [0.717, 1.165) is 16.7 Å². The molecule has 0 radical (unpaired) electrons. The molecule has 0 atom stereocenters. The summed E-state index contributed by atoms with van der Waals surface area (Å²) in [5.41, 5.74) is 4.57. The maximum absolute atomic E-state index is 12.2. The quantitative estimate of drug-likeness (QED) is 0.764. The highest BCUT2D eigenvalue weighted by Gasteiger charge is 2.06. The van der Waals surface area contributed by atoms with Crippen molar-refractivity contribution in [1.82, 2.24) is 5.32 Å². The molecule has 0 saturated carbocycles. The first-order valence-corrected chi connectivity index (χ1v) is 7.92. The lowest BCUT2D eigenvalue weighted by Gasteiger charge is -2.09. The van der Waals surface area contributed by atoms with E-state index >= 15 is 0 Å². The number of carbonyl (C=O) groups excluding carboxylic acids is 1. The maximum atomic E-state index is 12.2. The summed E-state index contributed by atoms with van der Waals surface area (Å²) < 4.78 is 0. The molecule has 0 saturated heterocycles. The minimum Gasteiger partial charge on any atom is -0.352 e. The minimum absolute atomic E-state index is 0.0619. The van der Waals surface area contributed by atoms with Gasteiger partial charge in [-0.15, -0.1) is 0 Å². The molecule has 0 aliphatic carbocycles. The van der Waals surface area contributed by atoms with Gasteiger partial charge in [0.25, 0.3) is 0 Å². The molecule has 0 fully saturated rings. The zero-order chi connectivity index (χ0) is 16.2. The fourth-order valence-corrected chi connectivity index (χ4v) is 2.78. The molecule has 0 bridgehead atoms. The van der Waals surface area contributed by atoms with Crippen LogP contribution in [0, 0.1) is 13.8 Å². The third-order valence-corrected chi connectivity index (χ3v) is 4.16. The van der Waals surface area contributed by atoms with Crippen LogP contribution >= 0.6 is 0 Å². The maximum Gasteiger partial charge on any atom is 0.224 e. The first-order valence-electron chi connectivity index (χ1n) is 7.92. The summed E-state index contributed by atoms with van der Waals surface area (Å²) in [7, 11) is 0. The summed E-state index contributed by atoms with van der Waals surface area (Å²) in [4.78, 5) is 12.2. The molecular formula is C21H21NO. The lowest BCUT2D eigenvalue weighted by Crippen LogP contribution is -2.24. The summed E-state index contributed by atoms with van der Waals surface area (Å²) >= 11 is 0. The molecule has 0 heterocycles. The monoisotopic (exact) mass is 303 g/mol. The predicted molar refractivity (Wildman–Crippen MR) is 95.4 cm³/mol. The molecule has 2 heteroatoms. The minimum atomic E-state index is 0.0619. The van der Waals surface area contributed by atoms with Gasteiger partial charge in [0.05, 0.1) is 6.42 Å². The second-order valence-corrected chi connectivity index (χ2v) is 6.06. The lowest BCUT2D eigenvalue weighted by molar-refractivity contribution is -0.120. The molecule has 3 aromatic rings. The summed E-state index contributed by atoms with van der Waals surface area (Å²) in [5.74, 6) is 0.0619. The van der Waals surface area contributed by atoms with Crippen molar-refractivity contribution < 1.29 is 4.79 Å². The van der Waals surface area contributed by atoms with Crippen LogP contribution in [0.15, 0.2) is 60.7 Å². The number of aryl methyl sites for hydroxylation is 2. The van der Waals surface area contributed by atoms with Gasteiger partial charge in [0.2, 0.25) is 5.91 Å². The number of amides is 1. The molecule has 2 nitrogen and oxygen atoms in total. The van der Waals surface area contributed by atoms with Crippen molar-refractivity contribution in [3.63, 3.8) is 0 Å². The molecule has 3 aromatic carbocycles. The first kappa shape index (κ1) is 15.3. The molecule has 116 valence electrons. The molecule has 23 heavy (non-hydrogen) atoms. The number of rotatable bonds is 4. The van der Waals surface area contributed by atoms with E-state index in [4.69, 9.17) is 0 Å². The third kappa shape index (κ3) is 3.78. The number of benzene rings is 3. The van der Waals surface area contributed by atoms with E-state index in [0.29, 0.717) is 13.0 Å². The van der Waals surface area contributed by atoms with Gasteiger partial charge in [-0.25, -0.2) is 0 Å². The summed E-state index contributed by atoms with van der Waals surface area (Å²) in [6.45, 7) is 4.66. The lowest BCUT2D eigenvalue weighted by atomic mass is 10.0. The van der Waals surface area contributed by atoms with E-state index < -0.39 is 0 Å². The zero-order valence-electron chi connectivity index (χ0n) is 13.6. The Balaban J connectivity index is 1.64. The van der Waals surface area contributed by atoms with Crippen LogP contribution in [0.2, 0.25) is 0 Å². The van der Waals surface area contributed by atoms with Crippen molar-refractivity contribution in [3.05, 3.63) is 82.9 Å². The van der Waals surface area contributed by atoms with Gasteiger partial charge in [0.1, 0.15) is 0 Å². The topological polar surface area (TPSA) is 29.1 Å². The van der Waals surface area contributed by atoms with E-state index in [2.05, 4.69) is 60.8 Å². The van der Waals surface area contributed by atoms with Crippen LogP contribution in [-0.4, -0.2) is 5.91 Å². The first-order chi connectivity index (χ1) is 11.1. The highest BCUT2D eigenvalue weighted by Crippen LogP contribution is 2.16. The predicted octanol–water partition coefficient (Wildman–Crippen LogP) is 4.32. The van der Waals surface area contributed by atoms with Crippen LogP contribution in [-0.2, 0) is 17.8 Å². The van der Waals surface area contributed by atoms with Crippen molar-refractivity contribution >= 4 is 16.7 Å². The molecule has 0 aromatic heterocycles. The summed E-state index contributed by atoms with van der Waals surface area (Å²) in [6.07, 6.45) is 0.432. The van der Waals surface area contributed by atoms with Crippen molar-refractivity contribution in [2.24, 2.45) is 0 Å². The summed E-state index contributed by atoms with van der Waals surface area (Å²) in [6, 6.07) is 20.8. The average Bonchev–Trinajstić information content (AvgIpc) is 2.56. The number of fused-ring (bicyclic) bond motifs is 1. The normalized spacial score (nSPS) is 10.7. The Morgan fingerprint density at radius 2 is 1.70 bits per heavy atom. The van der Waals surface area contributed by atoms with Gasteiger partial charge in [-0.2, -0.15) is 0 Å². The largest absolute Gasteiger partial charge is 0.352 e. The van der Waals surface area contributed by atoms with E-state index in [1.54, 1.807) is 0 Å². The molecule has 0 aliphatic heterocycles. The van der Waals surface area contributed by atoms with Crippen molar-refractivity contribution in [3.8, 4) is 0 Å². The van der Waals surface area contributed by atoms with E-state index in [9.17, 15) is 4.79 Å². The second kappa shape index (κ2) is 6.66. The Bertz CT molecular complexity index is 851. The second-order valence-electron chi connectivity index (χ2n) is 6.06. The van der Waals surface area contributed by atoms with Gasteiger partial charge >= 0.3 is 0 Å². The highest BCUT2D eigenvalue weighted by atomic mass is 16.1. The molecular weight excluding hydrogens is 282 g/mol. The highest BCUT2D eigenvalue weighted by molar-refractivity contribution is 5.83. The molecule has 1 amide bonds. The van der Waals surface area contributed by atoms with Gasteiger partial charge in [0, 0.05) is 6.54 Å². The van der Waals surface area contributed by atoms with Gasteiger partial charge in [-0.1, -0.05) is 60.2 Å². The number of carbonyl (C=O) groups is 1. The van der Waals surface area contributed by atoms with Gasteiger partial charge in [-0.05, 0) is 47.4 Å². The van der Waals surface area contributed by atoms with Crippen LogP contribution in [0.3, 0.4) is 0 Å². The standard InChI is InChI=1S/C21H21NO/c1-15-7-8-16(2)20(11-15)13-21(23)22-14-17-9-10-18-5-3-4-6-19(18)12-17/h3-12H,13-14H2,1-2H3,(H,22,23). The summed E-state index contributed by atoms with van der Waals surface area (Å²) in [5, 5.41) is 5.44. The van der Waals surface area contributed by atoms with Crippen LogP contribution < -0.4 is 5.32 Å². The Hall–Kier alpha value is -2.61. The van der Waals surface area contributed by atoms with Gasteiger partial charge < -0.3 is 5.32 Å². The molecule has 0 unspecified atom stereocenters. The van der Waals surface area contributed by atoms with E-state index in [1.807, 2.05) is 19.1 Å². The van der Waals surface area contributed by atoms with Crippen LogP contribution in [0.25, 0.3) is 10.8 Å². The number of hydrogen-bond donors (Lipinski definition) is 1. The third-order valence-electron chi connectivity index (χ3n) is 4.16. The Kier molecular flexibility index (Phi) is 4.42. The van der Waals surface area contributed by atoms with Crippen molar-refractivity contribution in [2.45, 2.75) is 26.8 Å². The van der Waals surface area contributed by atoms with Crippen LogP contribution in [0.5, 0.6) is 0 Å². The molecule has 0 aliphatic rings. The fraction of sp³-hybridized carbons (Fsp3) is 0.190.